The molecule has 0 atom stereocenters. The Bertz CT molecular complexity index is 581. The first-order valence-corrected chi connectivity index (χ1v) is 8.45. The number of nitrogens with one attached hydrogen (secondary N) is 2. The number of amides is 1. The molecule has 1 aromatic heterocycles. The van der Waals surface area contributed by atoms with Crippen LogP contribution in [0, 0.1) is 13.8 Å². The van der Waals surface area contributed by atoms with Crippen LogP contribution in [0.5, 0.6) is 0 Å². The lowest BCUT2D eigenvalue weighted by molar-refractivity contribution is 0.0710. The molecule has 1 aliphatic rings. The number of aryl methyl sites for hydroxylation is 2. The number of rotatable bonds is 3. The van der Waals surface area contributed by atoms with Crippen LogP contribution >= 0.6 is 0 Å². The first-order chi connectivity index (χ1) is 9.28. The summed E-state index contributed by atoms with van der Waals surface area (Å²) >= 11 is 0. The van der Waals surface area contributed by atoms with Gasteiger partial charge in [0.25, 0.3) is 5.91 Å². The number of nitrogens with zero attached hydrogens (tertiary/aromatic N) is 2. The topological polar surface area (TPSA) is 95.2 Å². The second-order valence-corrected chi connectivity index (χ2v) is 7.05. The summed E-state index contributed by atoms with van der Waals surface area (Å²) in [6.45, 7) is 4.73. The number of carbonyl (C=O) groups is 1. The number of likely N-dealkylation sites (tertiary alicyclic amines) is 1. The van der Waals surface area contributed by atoms with E-state index in [2.05, 4.69) is 14.9 Å². The first kappa shape index (κ1) is 15.0. The number of H-pyrrole nitrogens is 1. The SMILES string of the molecule is Cc1n[nH]c(C)c1C(=O)N1CCC(NS(C)(=O)=O)CC1. The number of aromatic amines is 1. The molecule has 0 radical (unpaired) electrons. The molecule has 1 saturated heterocycles. The molecule has 20 heavy (non-hydrogen) atoms. The maximum atomic E-state index is 12.4. The van der Waals surface area contributed by atoms with Gasteiger partial charge in [-0.1, -0.05) is 0 Å². The van der Waals surface area contributed by atoms with Crippen LogP contribution in [0.1, 0.15) is 34.6 Å². The smallest absolute Gasteiger partial charge is 0.257 e. The molecule has 1 aromatic rings. The second kappa shape index (κ2) is 5.53. The van der Waals surface area contributed by atoms with E-state index in [-0.39, 0.29) is 11.9 Å². The van der Waals surface area contributed by atoms with Crippen LogP contribution in [-0.2, 0) is 10.0 Å². The van der Waals surface area contributed by atoms with Crippen LogP contribution < -0.4 is 4.72 Å². The molecule has 1 amide bonds. The largest absolute Gasteiger partial charge is 0.338 e. The molecular weight excluding hydrogens is 280 g/mol. The third kappa shape index (κ3) is 3.37. The van der Waals surface area contributed by atoms with E-state index < -0.39 is 10.0 Å². The minimum absolute atomic E-state index is 0.0356. The Kier molecular flexibility index (Phi) is 4.14. The quantitative estimate of drug-likeness (QED) is 0.832. The summed E-state index contributed by atoms with van der Waals surface area (Å²) in [5.74, 6) is -0.0356. The van der Waals surface area contributed by atoms with E-state index in [0.29, 0.717) is 37.2 Å². The average Bonchev–Trinajstić information content (AvgIpc) is 2.67. The Morgan fingerprint density at radius 2 is 1.95 bits per heavy atom. The van der Waals surface area contributed by atoms with Crippen molar-refractivity contribution in [2.75, 3.05) is 19.3 Å². The second-order valence-electron chi connectivity index (χ2n) is 5.27. The number of sulfonamides is 1. The molecule has 1 fully saturated rings. The number of piperidine rings is 1. The number of carbonyl (C=O) groups excluding carboxylic acids is 1. The zero-order valence-electron chi connectivity index (χ0n) is 11.9. The van der Waals surface area contributed by atoms with Crippen LogP contribution in [0.3, 0.4) is 0 Å². The Labute approximate surface area is 118 Å². The van der Waals surface area contributed by atoms with Crippen molar-refractivity contribution in [3.05, 3.63) is 17.0 Å². The number of hydrogen-bond donors (Lipinski definition) is 2. The van der Waals surface area contributed by atoms with Gasteiger partial charge in [-0.2, -0.15) is 5.10 Å². The zero-order valence-corrected chi connectivity index (χ0v) is 12.7. The lowest BCUT2D eigenvalue weighted by atomic mass is 10.0. The number of hydrogen-bond acceptors (Lipinski definition) is 4. The highest BCUT2D eigenvalue weighted by Crippen LogP contribution is 2.17. The molecule has 0 unspecified atom stereocenters. The molecule has 112 valence electrons. The Balaban J connectivity index is 1.99. The Hall–Kier alpha value is -1.41. The third-order valence-corrected chi connectivity index (χ3v) is 4.27. The van der Waals surface area contributed by atoms with E-state index in [9.17, 15) is 13.2 Å². The molecular formula is C12H20N4O3S. The molecule has 0 bridgehead atoms. The highest BCUT2D eigenvalue weighted by molar-refractivity contribution is 7.88. The van der Waals surface area contributed by atoms with E-state index in [4.69, 9.17) is 0 Å². The maximum absolute atomic E-state index is 12.4. The molecule has 0 spiro atoms. The third-order valence-electron chi connectivity index (χ3n) is 3.50. The van der Waals surface area contributed by atoms with E-state index in [1.54, 1.807) is 11.8 Å². The lowest BCUT2D eigenvalue weighted by Gasteiger charge is -2.32. The van der Waals surface area contributed by atoms with Crippen LogP contribution in [0.2, 0.25) is 0 Å². The van der Waals surface area contributed by atoms with Gasteiger partial charge in [0.05, 0.1) is 17.5 Å². The van der Waals surface area contributed by atoms with Crippen molar-refractivity contribution in [3.63, 3.8) is 0 Å². The van der Waals surface area contributed by atoms with Crippen molar-refractivity contribution in [1.29, 1.82) is 0 Å². The van der Waals surface area contributed by atoms with E-state index >= 15 is 0 Å². The van der Waals surface area contributed by atoms with Gasteiger partial charge < -0.3 is 4.90 Å². The van der Waals surface area contributed by atoms with Crippen molar-refractivity contribution >= 4 is 15.9 Å². The Morgan fingerprint density at radius 3 is 2.40 bits per heavy atom. The fraction of sp³-hybridized carbons (Fsp3) is 0.667. The van der Waals surface area contributed by atoms with Crippen molar-refractivity contribution in [2.45, 2.75) is 32.7 Å². The van der Waals surface area contributed by atoms with Gasteiger partial charge in [-0.15, -0.1) is 0 Å². The first-order valence-electron chi connectivity index (χ1n) is 6.56. The van der Waals surface area contributed by atoms with Gasteiger partial charge in [-0.3, -0.25) is 9.89 Å². The minimum Gasteiger partial charge on any atom is -0.338 e. The standard InChI is InChI=1S/C12H20N4O3S/c1-8-11(9(2)14-13-8)12(17)16-6-4-10(5-7-16)15-20(3,18)19/h10,15H,4-7H2,1-3H3,(H,13,14). The van der Waals surface area contributed by atoms with E-state index in [1.807, 2.05) is 6.92 Å². The molecule has 0 aromatic carbocycles. The zero-order chi connectivity index (χ0) is 14.9. The summed E-state index contributed by atoms with van der Waals surface area (Å²) in [6.07, 6.45) is 2.42. The predicted octanol–water partition coefficient (Wildman–Crippen LogP) is 0.180. The molecule has 0 aliphatic carbocycles. The highest BCUT2D eigenvalue weighted by Gasteiger charge is 2.27. The monoisotopic (exact) mass is 300 g/mol. The normalized spacial score (nSPS) is 17.4. The summed E-state index contributed by atoms with van der Waals surface area (Å²) in [5, 5.41) is 6.84. The summed E-state index contributed by atoms with van der Waals surface area (Å²) in [4.78, 5) is 14.2. The van der Waals surface area contributed by atoms with Crippen LogP contribution in [0.4, 0.5) is 0 Å². The van der Waals surface area contributed by atoms with Gasteiger partial charge in [0.15, 0.2) is 0 Å². The average molecular weight is 300 g/mol. The van der Waals surface area contributed by atoms with Gasteiger partial charge >= 0.3 is 0 Å². The molecule has 1 aliphatic heterocycles. The van der Waals surface area contributed by atoms with Crippen LogP contribution in [0.25, 0.3) is 0 Å². The molecule has 8 heteroatoms. The summed E-state index contributed by atoms with van der Waals surface area (Å²) in [5.41, 5.74) is 2.09. The van der Waals surface area contributed by atoms with Crippen LogP contribution in [-0.4, -0.2) is 54.8 Å². The van der Waals surface area contributed by atoms with Crippen molar-refractivity contribution in [3.8, 4) is 0 Å². The summed E-state index contributed by atoms with van der Waals surface area (Å²) in [6, 6.07) is -0.0828. The highest BCUT2D eigenvalue weighted by atomic mass is 32.2. The fourth-order valence-electron chi connectivity index (χ4n) is 2.53. The van der Waals surface area contributed by atoms with E-state index in [1.165, 1.54) is 0 Å². The van der Waals surface area contributed by atoms with Gasteiger partial charge in [0.2, 0.25) is 10.0 Å². The molecule has 0 saturated carbocycles. The fourth-order valence-corrected chi connectivity index (χ4v) is 3.37. The van der Waals surface area contributed by atoms with Crippen molar-refractivity contribution in [1.82, 2.24) is 19.8 Å². The van der Waals surface area contributed by atoms with Crippen molar-refractivity contribution in [2.24, 2.45) is 0 Å². The predicted molar refractivity (Wildman–Crippen MR) is 75.0 cm³/mol. The summed E-state index contributed by atoms with van der Waals surface area (Å²) in [7, 11) is -3.19. The van der Waals surface area contributed by atoms with Gasteiger partial charge in [0.1, 0.15) is 0 Å². The van der Waals surface area contributed by atoms with Gasteiger partial charge in [-0.25, -0.2) is 13.1 Å². The number of aromatic nitrogens is 2. The minimum atomic E-state index is -3.19. The molecule has 2 heterocycles. The van der Waals surface area contributed by atoms with Crippen molar-refractivity contribution < 1.29 is 13.2 Å². The maximum Gasteiger partial charge on any atom is 0.257 e. The lowest BCUT2D eigenvalue weighted by Crippen LogP contribution is -2.46. The molecule has 2 N–H and O–H groups in total. The van der Waals surface area contributed by atoms with Gasteiger partial charge in [-0.05, 0) is 26.7 Å². The van der Waals surface area contributed by atoms with Gasteiger partial charge in [0, 0.05) is 24.8 Å². The summed E-state index contributed by atoms with van der Waals surface area (Å²) < 4.78 is 25.0. The van der Waals surface area contributed by atoms with Crippen LogP contribution in [0.15, 0.2) is 0 Å². The molecule has 2 rings (SSSR count). The van der Waals surface area contributed by atoms with E-state index in [0.717, 1.165) is 11.9 Å². The Morgan fingerprint density at radius 1 is 1.35 bits per heavy atom. The molecule has 7 nitrogen and oxygen atoms in total.